The Morgan fingerprint density at radius 2 is 2.00 bits per heavy atom. The van der Waals surface area contributed by atoms with Gasteiger partial charge in [-0.3, -0.25) is 0 Å². The number of carboxylic acids is 1. The summed E-state index contributed by atoms with van der Waals surface area (Å²) in [4.78, 5) is 18.4. The summed E-state index contributed by atoms with van der Waals surface area (Å²) in [5.74, 6) is -0.166. The number of aromatic carboxylic acids is 1. The molecule has 20 heavy (non-hydrogen) atoms. The Hall–Kier alpha value is -1.58. The van der Waals surface area contributed by atoms with E-state index >= 15 is 0 Å². The summed E-state index contributed by atoms with van der Waals surface area (Å²) in [6.45, 7) is 6.36. The van der Waals surface area contributed by atoms with Crippen molar-refractivity contribution in [3.63, 3.8) is 0 Å². The zero-order valence-electron chi connectivity index (χ0n) is 12.3. The summed E-state index contributed by atoms with van der Waals surface area (Å²) in [6.07, 6.45) is 5.23. The summed E-state index contributed by atoms with van der Waals surface area (Å²) >= 11 is 0. The minimum atomic E-state index is -0.855. The maximum atomic E-state index is 11.5. The van der Waals surface area contributed by atoms with Crippen molar-refractivity contribution in [2.75, 3.05) is 18.0 Å². The summed E-state index contributed by atoms with van der Waals surface area (Å²) in [5.41, 5.74) is 2.97. The van der Waals surface area contributed by atoms with Crippen LogP contribution in [-0.4, -0.2) is 29.1 Å². The predicted molar refractivity (Wildman–Crippen MR) is 78.4 cm³/mol. The molecule has 1 aliphatic carbocycles. The number of carbonyl (C=O) groups is 1. The van der Waals surface area contributed by atoms with Crippen molar-refractivity contribution < 1.29 is 9.90 Å². The third kappa shape index (κ3) is 2.39. The molecule has 0 amide bonds. The van der Waals surface area contributed by atoms with Gasteiger partial charge in [-0.1, -0.05) is 13.8 Å². The molecule has 1 aliphatic heterocycles. The van der Waals surface area contributed by atoms with Gasteiger partial charge >= 0.3 is 5.97 Å². The quantitative estimate of drug-likeness (QED) is 0.901. The smallest absolute Gasteiger partial charge is 0.339 e. The van der Waals surface area contributed by atoms with E-state index in [1.165, 1.54) is 0 Å². The minimum Gasteiger partial charge on any atom is -0.478 e. The van der Waals surface area contributed by atoms with Gasteiger partial charge in [0.2, 0.25) is 0 Å². The number of piperidine rings is 1. The molecule has 1 N–H and O–H groups in total. The van der Waals surface area contributed by atoms with Crippen LogP contribution in [0.1, 0.15) is 54.7 Å². The van der Waals surface area contributed by atoms with Gasteiger partial charge in [0.15, 0.2) is 0 Å². The molecule has 0 aromatic carbocycles. The number of carboxylic acid groups (broad SMARTS) is 1. The molecule has 0 unspecified atom stereocenters. The largest absolute Gasteiger partial charge is 0.478 e. The molecular formula is C16H22N2O2. The van der Waals surface area contributed by atoms with Crippen LogP contribution in [0.15, 0.2) is 6.07 Å². The van der Waals surface area contributed by atoms with E-state index < -0.39 is 5.97 Å². The van der Waals surface area contributed by atoms with E-state index in [1.807, 2.05) is 6.07 Å². The van der Waals surface area contributed by atoms with E-state index in [9.17, 15) is 9.90 Å². The lowest BCUT2D eigenvalue weighted by atomic mass is 9.82. The number of pyridine rings is 1. The third-order valence-electron chi connectivity index (χ3n) is 4.68. The third-order valence-corrected chi connectivity index (χ3v) is 4.68. The number of nitrogens with zero attached hydrogens (tertiary/aromatic N) is 2. The first-order chi connectivity index (χ1) is 9.46. The van der Waals surface area contributed by atoms with Gasteiger partial charge < -0.3 is 10.0 Å². The molecule has 1 aromatic heterocycles. The average Bonchev–Trinajstić information content (AvgIpc) is 2.84. The van der Waals surface area contributed by atoms with Crippen molar-refractivity contribution in [3.8, 4) is 0 Å². The van der Waals surface area contributed by atoms with Crippen LogP contribution in [0.25, 0.3) is 0 Å². The SMILES string of the molecule is CC1(C)CCN(c2nc3c(cc2C(=O)O)CCC3)CC1. The highest BCUT2D eigenvalue weighted by molar-refractivity contribution is 5.93. The number of anilines is 1. The standard InChI is InChI=1S/C16H22N2O2/c1-16(2)6-8-18(9-7-16)14-12(15(19)20)10-11-4-3-5-13(11)17-14/h10H,3-9H2,1-2H3,(H,19,20). The minimum absolute atomic E-state index is 0.358. The van der Waals surface area contributed by atoms with E-state index in [1.54, 1.807) is 0 Å². The molecule has 0 bridgehead atoms. The Morgan fingerprint density at radius 1 is 1.30 bits per heavy atom. The van der Waals surface area contributed by atoms with Gasteiger partial charge in [0.1, 0.15) is 11.4 Å². The molecule has 2 aliphatic rings. The van der Waals surface area contributed by atoms with Crippen LogP contribution < -0.4 is 4.90 Å². The van der Waals surface area contributed by atoms with Crippen LogP contribution in [0.4, 0.5) is 5.82 Å². The van der Waals surface area contributed by atoms with Crippen molar-refractivity contribution in [1.82, 2.24) is 4.98 Å². The molecule has 2 heterocycles. The van der Waals surface area contributed by atoms with E-state index in [0.717, 1.165) is 56.5 Å². The molecule has 1 aromatic rings. The Bertz CT molecular complexity index is 542. The van der Waals surface area contributed by atoms with Crippen LogP contribution >= 0.6 is 0 Å². The maximum Gasteiger partial charge on any atom is 0.339 e. The lowest BCUT2D eigenvalue weighted by Gasteiger charge is -2.38. The van der Waals surface area contributed by atoms with Gasteiger partial charge in [0.05, 0.1) is 0 Å². The fourth-order valence-electron chi connectivity index (χ4n) is 3.18. The molecule has 0 radical (unpaired) electrons. The lowest BCUT2D eigenvalue weighted by Crippen LogP contribution is -2.38. The molecule has 1 fully saturated rings. The van der Waals surface area contributed by atoms with Gasteiger partial charge in [0, 0.05) is 18.8 Å². The molecule has 4 heteroatoms. The molecule has 0 atom stereocenters. The molecular weight excluding hydrogens is 252 g/mol. The van der Waals surface area contributed by atoms with Gasteiger partial charge in [-0.2, -0.15) is 0 Å². The zero-order valence-corrected chi connectivity index (χ0v) is 12.3. The molecule has 0 spiro atoms. The number of hydrogen-bond acceptors (Lipinski definition) is 3. The topological polar surface area (TPSA) is 53.4 Å². The highest BCUT2D eigenvalue weighted by atomic mass is 16.4. The Morgan fingerprint density at radius 3 is 2.65 bits per heavy atom. The lowest BCUT2D eigenvalue weighted by molar-refractivity contribution is 0.0697. The second-order valence-corrected chi connectivity index (χ2v) is 6.78. The maximum absolute atomic E-state index is 11.5. The van der Waals surface area contributed by atoms with E-state index in [4.69, 9.17) is 4.98 Å². The molecule has 3 rings (SSSR count). The van der Waals surface area contributed by atoms with E-state index in [2.05, 4.69) is 18.7 Å². The average molecular weight is 274 g/mol. The molecule has 108 valence electrons. The van der Waals surface area contributed by atoms with Crippen molar-refractivity contribution in [2.45, 2.75) is 46.0 Å². The van der Waals surface area contributed by atoms with Crippen LogP contribution in [0.3, 0.4) is 0 Å². The highest BCUT2D eigenvalue weighted by Gasteiger charge is 2.29. The van der Waals surface area contributed by atoms with Crippen LogP contribution in [0.5, 0.6) is 0 Å². The highest BCUT2D eigenvalue weighted by Crippen LogP contribution is 2.34. The first-order valence-electron chi connectivity index (χ1n) is 7.47. The van der Waals surface area contributed by atoms with Crippen molar-refractivity contribution in [2.24, 2.45) is 5.41 Å². The van der Waals surface area contributed by atoms with Gasteiger partial charge in [-0.05, 0) is 49.1 Å². The Balaban J connectivity index is 1.94. The van der Waals surface area contributed by atoms with E-state index in [0.29, 0.717) is 16.8 Å². The van der Waals surface area contributed by atoms with E-state index in [-0.39, 0.29) is 0 Å². The fraction of sp³-hybridized carbons (Fsp3) is 0.625. The van der Waals surface area contributed by atoms with Crippen LogP contribution in [0.2, 0.25) is 0 Å². The summed E-state index contributed by atoms with van der Waals surface area (Å²) in [6, 6.07) is 1.85. The molecule has 1 saturated heterocycles. The second kappa shape index (κ2) is 4.76. The monoisotopic (exact) mass is 274 g/mol. The van der Waals surface area contributed by atoms with Gasteiger partial charge in [-0.15, -0.1) is 0 Å². The van der Waals surface area contributed by atoms with Gasteiger partial charge in [-0.25, -0.2) is 9.78 Å². The number of fused-ring (bicyclic) bond motifs is 1. The Kier molecular flexibility index (Phi) is 3.19. The number of aryl methyl sites for hydroxylation is 2. The molecule has 0 saturated carbocycles. The fourth-order valence-corrected chi connectivity index (χ4v) is 3.18. The second-order valence-electron chi connectivity index (χ2n) is 6.78. The van der Waals surface area contributed by atoms with Crippen molar-refractivity contribution in [1.29, 1.82) is 0 Å². The van der Waals surface area contributed by atoms with Gasteiger partial charge in [0.25, 0.3) is 0 Å². The molecule has 4 nitrogen and oxygen atoms in total. The van der Waals surface area contributed by atoms with Crippen LogP contribution in [0, 0.1) is 5.41 Å². The number of aromatic nitrogens is 1. The summed E-state index contributed by atoms with van der Waals surface area (Å²) in [7, 11) is 0. The van der Waals surface area contributed by atoms with Crippen LogP contribution in [-0.2, 0) is 12.8 Å². The summed E-state index contributed by atoms with van der Waals surface area (Å²) in [5, 5.41) is 9.46. The first kappa shape index (κ1) is 13.4. The predicted octanol–water partition coefficient (Wildman–Crippen LogP) is 2.89. The number of rotatable bonds is 2. The van der Waals surface area contributed by atoms with Crippen molar-refractivity contribution >= 4 is 11.8 Å². The number of hydrogen-bond donors (Lipinski definition) is 1. The Labute approximate surface area is 119 Å². The summed E-state index contributed by atoms with van der Waals surface area (Å²) < 4.78 is 0. The first-order valence-corrected chi connectivity index (χ1v) is 7.47. The normalized spacial score (nSPS) is 20.8. The van der Waals surface area contributed by atoms with Crippen molar-refractivity contribution in [3.05, 3.63) is 22.9 Å². The zero-order chi connectivity index (χ0) is 14.3.